The number of carbonyl (C=O) groups excluding carboxylic acids is 2. The number of amides is 1. The second kappa shape index (κ2) is 6.90. The number of Topliss-reactive ketones (excluding diaryl/α,β-unsaturated/α-hetero) is 1. The molecule has 0 aromatic heterocycles. The second-order valence-corrected chi connectivity index (χ2v) is 6.49. The Balaban J connectivity index is 1.79. The fraction of sp³-hybridized carbons (Fsp3) is 0.286. The summed E-state index contributed by atoms with van der Waals surface area (Å²) < 4.78 is 0. The predicted octanol–water partition coefficient (Wildman–Crippen LogP) is 3.32. The third-order valence-corrected chi connectivity index (χ3v) is 5.14. The van der Waals surface area contributed by atoms with Crippen molar-refractivity contribution in [3.8, 4) is 6.07 Å². The second-order valence-electron chi connectivity index (χ2n) is 6.49. The lowest BCUT2D eigenvalue weighted by atomic mass is 9.70. The minimum Gasteiger partial charge on any atom is -0.339 e. The van der Waals surface area contributed by atoms with Crippen molar-refractivity contribution < 1.29 is 9.59 Å². The molecule has 3 rings (SSSR count). The van der Waals surface area contributed by atoms with Crippen LogP contribution < -0.4 is 0 Å². The number of piperidine rings is 1. The number of hydrogen-bond donors (Lipinski definition) is 0. The first-order valence-electron chi connectivity index (χ1n) is 8.43. The summed E-state index contributed by atoms with van der Waals surface area (Å²) in [4.78, 5) is 26.9. The molecule has 2 aromatic rings. The summed E-state index contributed by atoms with van der Waals surface area (Å²) in [6.07, 6.45) is 1.24. The molecular formula is C21H20N2O2. The van der Waals surface area contributed by atoms with Crippen LogP contribution in [0.2, 0.25) is 0 Å². The first-order valence-corrected chi connectivity index (χ1v) is 8.43. The van der Waals surface area contributed by atoms with Crippen LogP contribution in [0.3, 0.4) is 0 Å². The molecule has 1 fully saturated rings. The summed E-state index contributed by atoms with van der Waals surface area (Å²) in [7, 11) is 0. The quantitative estimate of drug-likeness (QED) is 0.866. The third kappa shape index (κ3) is 3.18. The highest BCUT2D eigenvalue weighted by atomic mass is 16.2. The Morgan fingerprint density at radius 2 is 1.72 bits per heavy atom. The van der Waals surface area contributed by atoms with Crippen LogP contribution in [0.15, 0.2) is 54.6 Å². The van der Waals surface area contributed by atoms with Gasteiger partial charge in [0, 0.05) is 18.7 Å². The number of likely N-dealkylation sites (tertiary alicyclic amines) is 1. The average molecular weight is 332 g/mol. The first kappa shape index (κ1) is 16.9. The number of hydrogen-bond acceptors (Lipinski definition) is 3. The van der Waals surface area contributed by atoms with Crippen LogP contribution in [0.25, 0.3) is 0 Å². The van der Waals surface area contributed by atoms with E-state index in [4.69, 9.17) is 5.26 Å². The Labute approximate surface area is 147 Å². The van der Waals surface area contributed by atoms with Gasteiger partial charge < -0.3 is 4.90 Å². The summed E-state index contributed by atoms with van der Waals surface area (Å²) >= 11 is 0. The van der Waals surface area contributed by atoms with E-state index in [1.807, 2.05) is 30.3 Å². The summed E-state index contributed by atoms with van der Waals surface area (Å²) in [5.74, 6) is 0.0691. The first-order chi connectivity index (χ1) is 12.1. The SMILES string of the molecule is CC(=O)C1(c2ccccc2)CCN(C(=O)c2cccc(C#N)c2)CC1. The van der Waals surface area contributed by atoms with Crippen LogP contribution in [0.4, 0.5) is 0 Å². The number of ketones is 1. The maximum atomic E-state index is 12.7. The smallest absolute Gasteiger partial charge is 0.253 e. The molecule has 0 N–H and O–H groups in total. The molecule has 0 atom stereocenters. The fourth-order valence-corrected chi connectivity index (χ4v) is 3.60. The number of nitrogens with zero attached hydrogens (tertiary/aromatic N) is 2. The molecule has 0 radical (unpaired) electrons. The van der Waals surface area contributed by atoms with Crippen LogP contribution >= 0.6 is 0 Å². The van der Waals surface area contributed by atoms with Gasteiger partial charge in [0.1, 0.15) is 5.78 Å². The van der Waals surface area contributed by atoms with Crippen LogP contribution in [0.1, 0.15) is 41.3 Å². The normalized spacial score (nSPS) is 16.1. The van der Waals surface area contributed by atoms with Crippen molar-refractivity contribution >= 4 is 11.7 Å². The molecule has 0 unspecified atom stereocenters. The summed E-state index contributed by atoms with van der Waals surface area (Å²) in [6, 6.07) is 18.6. The lowest BCUT2D eigenvalue weighted by molar-refractivity contribution is -0.124. The van der Waals surface area contributed by atoms with Crippen molar-refractivity contribution in [2.45, 2.75) is 25.2 Å². The molecule has 25 heavy (non-hydrogen) atoms. The Bertz CT molecular complexity index is 828. The van der Waals surface area contributed by atoms with Gasteiger partial charge in [0.25, 0.3) is 5.91 Å². The Kier molecular flexibility index (Phi) is 4.67. The van der Waals surface area contributed by atoms with Gasteiger partial charge in [-0.3, -0.25) is 9.59 Å². The van der Waals surface area contributed by atoms with Crippen molar-refractivity contribution in [3.05, 3.63) is 71.3 Å². The zero-order valence-electron chi connectivity index (χ0n) is 14.2. The van der Waals surface area contributed by atoms with Crippen LogP contribution in [-0.4, -0.2) is 29.7 Å². The Morgan fingerprint density at radius 1 is 1.04 bits per heavy atom. The van der Waals surface area contributed by atoms with Gasteiger partial charge in [-0.1, -0.05) is 36.4 Å². The van der Waals surface area contributed by atoms with Crippen LogP contribution in [-0.2, 0) is 10.2 Å². The minimum atomic E-state index is -0.507. The Morgan fingerprint density at radius 3 is 2.32 bits per heavy atom. The molecule has 0 aliphatic carbocycles. The van der Waals surface area contributed by atoms with E-state index in [9.17, 15) is 9.59 Å². The highest BCUT2D eigenvalue weighted by molar-refractivity contribution is 5.95. The monoisotopic (exact) mass is 332 g/mol. The van der Waals surface area contributed by atoms with E-state index in [1.54, 1.807) is 36.1 Å². The largest absolute Gasteiger partial charge is 0.339 e. The molecule has 126 valence electrons. The van der Waals surface area contributed by atoms with Gasteiger partial charge in [-0.05, 0) is 43.5 Å². The zero-order chi connectivity index (χ0) is 17.9. The van der Waals surface area contributed by atoms with Gasteiger partial charge in [-0.2, -0.15) is 5.26 Å². The van der Waals surface area contributed by atoms with E-state index in [0.717, 1.165) is 5.56 Å². The molecule has 2 aromatic carbocycles. The molecule has 4 nitrogen and oxygen atoms in total. The van der Waals surface area contributed by atoms with E-state index in [-0.39, 0.29) is 11.7 Å². The van der Waals surface area contributed by atoms with E-state index < -0.39 is 5.41 Å². The molecular weight excluding hydrogens is 312 g/mol. The van der Waals surface area contributed by atoms with Crippen LogP contribution in [0.5, 0.6) is 0 Å². The highest BCUT2D eigenvalue weighted by Crippen LogP contribution is 2.36. The van der Waals surface area contributed by atoms with Crippen molar-refractivity contribution in [3.63, 3.8) is 0 Å². The average Bonchev–Trinajstić information content (AvgIpc) is 2.68. The van der Waals surface area contributed by atoms with Gasteiger partial charge in [0.2, 0.25) is 0 Å². The molecule has 1 saturated heterocycles. The standard InChI is InChI=1S/C21H20N2O2/c1-16(24)21(19-8-3-2-4-9-19)10-12-23(13-11-21)20(25)18-7-5-6-17(14-18)15-22/h2-9,14H,10-13H2,1H3. The number of carbonyl (C=O) groups is 2. The fourth-order valence-electron chi connectivity index (χ4n) is 3.60. The van der Waals surface area contributed by atoms with Crippen molar-refractivity contribution in [1.82, 2.24) is 4.90 Å². The van der Waals surface area contributed by atoms with Crippen molar-refractivity contribution in [1.29, 1.82) is 5.26 Å². The molecule has 1 amide bonds. The topological polar surface area (TPSA) is 61.2 Å². The van der Waals surface area contributed by atoms with E-state index in [2.05, 4.69) is 6.07 Å². The number of benzene rings is 2. The maximum absolute atomic E-state index is 12.7. The van der Waals surface area contributed by atoms with E-state index in [0.29, 0.717) is 37.1 Å². The van der Waals surface area contributed by atoms with Gasteiger partial charge in [-0.25, -0.2) is 0 Å². The molecule has 1 aliphatic rings. The minimum absolute atomic E-state index is 0.0812. The third-order valence-electron chi connectivity index (χ3n) is 5.14. The van der Waals surface area contributed by atoms with Crippen LogP contribution in [0, 0.1) is 11.3 Å². The maximum Gasteiger partial charge on any atom is 0.253 e. The lowest BCUT2D eigenvalue weighted by Gasteiger charge is -2.40. The lowest BCUT2D eigenvalue weighted by Crippen LogP contribution is -2.48. The summed E-state index contributed by atoms with van der Waals surface area (Å²) in [6.45, 7) is 2.70. The molecule has 1 heterocycles. The van der Waals surface area contributed by atoms with E-state index in [1.165, 1.54) is 0 Å². The molecule has 1 aliphatic heterocycles. The Hall–Kier alpha value is -2.93. The van der Waals surface area contributed by atoms with Gasteiger partial charge in [0.05, 0.1) is 17.0 Å². The van der Waals surface area contributed by atoms with Gasteiger partial charge >= 0.3 is 0 Å². The molecule has 0 spiro atoms. The zero-order valence-corrected chi connectivity index (χ0v) is 14.2. The molecule has 4 heteroatoms. The van der Waals surface area contributed by atoms with Crippen molar-refractivity contribution in [2.75, 3.05) is 13.1 Å². The number of rotatable bonds is 3. The predicted molar refractivity (Wildman–Crippen MR) is 95.1 cm³/mol. The van der Waals surface area contributed by atoms with Gasteiger partial charge in [-0.15, -0.1) is 0 Å². The number of nitriles is 1. The van der Waals surface area contributed by atoms with Crippen molar-refractivity contribution in [2.24, 2.45) is 0 Å². The molecule has 0 saturated carbocycles. The summed E-state index contributed by atoms with van der Waals surface area (Å²) in [5, 5.41) is 9.00. The van der Waals surface area contributed by atoms with Gasteiger partial charge in [0.15, 0.2) is 0 Å². The molecule has 0 bridgehead atoms. The van der Waals surface area contributed by atoms with E-state index >= 15 is 0 Å². The highest BCUT2D eigenvalue weighted by Gasteiger charge is 2.41. The summed E-state index contributed by atoms with van der Waals surface area (Å²) in [5.41, 5.74) is 1.52.